The maximum absolute atomic E-state index is 11.8. The first-order valence-corrected chi connectivity index (χ1v) is 6.45. The molecule has 4 heteroatoms. The topological polar surface area (TPSA) is 42.0 Å². The summed E-state index contributed by atoms with van der Waals surface area (Å²) in [6.07, 6.45) is 3.76. The van der Waals surface area contributed by atoms with Crippen molar-refractivity contribution in [2.24, 2.45) is 11.8 Å². The Morgan fingerprint density at radius 1 is 1.53 bits per heavy atom. The Bertz CT molecular complexity index is 408. The Hall–Kier alpha value is -1.09. The third kappa shape index (κ3) is 3.19. The summed E-state index contributed by atoms with van der Waals surface area (Å²) in [4.78, 5) is 15.8. The first-order chi connectivity index (χ1) is 8.16. The highest BCUT2D eigenvalue weighted by Gasteiger charge is 2.23. The number of carbonyl (C=O) groups excluding carboxylic acids is 1. The minimum atomic E-state index is -0.133. The van der Waals surface area contributed by atoms with Gasteiger partial charge in [0.25, 0.3) is 5.91 Å². The lowest BCUT2D eigenvalue weighted by Gasteiger charge is -2.15. The van der Waals surface area contributed by atoms with E-state index >= 15 is 0 Å². The van der Waals surface area contributed by atoms with E-state index in [4.69, 9.17) is 11.6 Å². The van der Waals surface area contributed by atoms with Crippen LogP contribution in [0.5, 0.6) is 0 Å². The van der Waals surface area contributed by atoms with Gasteiger partial charge in [0.05, 0.1) is 0 Å². The molecule has 1 heterocycles. The predicted molar refractivity (Wildman–Crippen MR) is 68.1 cm³/mol. The van der Waals surface area contributed by atoms with Crippen molar-refractivity contribution in [1.82, 2.24) is 10.3 Å². The van der Waals surface area contributed by atoms with Crippen LogP contribution in [0.15, 0.2) is 18.2 Å². The van der Waals surface area contributed by atoms with E-state index in [9.17, 15) is 4.79 Å². The molecule has 1 aliphatic rings. The van der Waals surface area contributed by atoms with Gasteiger partial charge >= 0.3 is 0 Å². The molecule has 1 saturated carbocycles. The lowest BCUT2D eigenvalue weighted by atomic mass is 9.98. The monoisotopic (exact) mass is 252 g/mol. The zero-order valence-electron chi connectivity index (χ0n) is 9.95. The van der Waals surface area contributed by atoms with Gasteiger partial charge in [-0.1, -0.05) is 37.4 Å². The van der Waals surface area contributed by atoms with Crippen LogP contribution in [0, 0.1) is 11.8 Å². The van der Waals surface area contributed by atoms with E-state index in [0.29, 0.717) is 22.7 Å². The summed E-state index contributed by atoms with van der Waals surface area (Å²) < 4.78 is 0. The maximum Gasteiger partial charge on any atom is 0.269 e. The van der Waals surface area contributed by atoms with Crippen LogP contribution >= 0.6 is 11.6 Å². The SMILES string of the molecule is CC1CCCC1CNC(=O)c1cccc(Cl)n1. The molecule has 1 amide bonds. The van der Waals surface area contributed by atoms with Crippen LogP contribution in [0.25, 0.3) is 0 Å². The van der Waals surface area contributed by atoms with Crippen LogP contribution in [-0.2, 0) is 0 Å². The fourth-order valence-corrected chi connectivity index (χ4v) is 2.54. The van der Waals surface area contributed by atoms with Crippen molar-refractivity contribution in [2.75, 3.05) is 6.54 Å². The van der Waals surface area contributed by atoms with Crippen molar-refractivity contribution in [3.05, 3.63) is 29.0 Å². The molecule has 2 unspecified atom stereocenters. The summed E-state index contributed by atoms with van der Waals surface area (Å²) in [6.45, 7) is 3.00. The number of carbonyl (C=O) groups is 1. The fraction of sp³-hybridized carbons (Fsp3) is 0.538. The van der Waals surface area contributed by atoms with Gasteiger partial charge in [-0.25, -0.2) is 4.98 Å². The van der Waals surface area contributed by atoms with Crippen molar-refractivity contribution in [3.63, 3.8) is 0 Å². The van der Waals surface area contributed by atoms with Gasteiger partial charge in [0.2, 0.25) is 0 Å². The van der Waals surface area contributed by atoms with Gasteiger partial charge in [-0.15, -0.1) is 0 Å². The molecule has 17 heavy (non-hydrogen) atoms. The molecule has 1 aromatic rings. The molecule has 1 fully saturated rings. The molecule has 1 N–H and O–H groups in total. The summed E-state index contributed by atoms with van der Waals surface area (Å²) >= 11 is 5.75. The van der Waals surface area contributed by atoms with Gasteiger partial charge < -0.3 is 5.32 Å². The summed E-state index contributed by atoms with van der Waals surface area (Å²) in [6, 6.07) is 5.08. The second kappa shape index (κ2) is 5.50. The number of nitrogens with zero attached hydrogens (tertiary/aromatic N) is 1. The summed E-state index contributed by atoms with van der Waals surface area (Å²) in [7, 11) is 0. The summed E-state index contributed by atoms with van der Waals surface area (Å²) in [5, 5.41) is 3.29. The van der Waals surface area contributed by atoms with E-state index in [1.165, 1.54) is 19.3 Å². The standard InChI is InChI=1S/C13H17ClN2O/c1-9-4-2-5-10(9)8-15-13(17)11-6-3-7-12(14)16-11/h3,6-7,9-10H,2,4-5,8H2,1H3,(H,15,17). The van der Waals surface area contributed by atoms with E-state index < -0.39 is 0 Å². The van der Waals surface area contributed by atoms with Crippen LogP contribution < -0.4 is 5.32 Å². The van der Waals surface area contributed by atoms with Gasteiger partial charge in [0.15, 0.2) is 0 Å². The minimum Gasteiger partial charge on any atom is -0.350 e. The largest absolute Gasteiger partial charge is 0.350 e. The second-order valence-electron chi connectivity index (χ2n) is 4.72. The molecule has 92 valence electrons. The van der Waals surface area contributed by atoms with Crippen molar-refractivity contribution in [3.8, 4) is 0 Å². The van der Waals surface area contributed by atoms with Gasteiger partial charge in [-0.3, -0.25) is 4.79 Å². The third-order valence-electron chi connectivity index (χ3n) is 3.51. The maximum atomic E-state index is 11.8. The van der Waals surface area contributed by atoms with Crippen LogP contribution in [0.4, 0.5) is 0 Å². The zero-order chi connectivity index (χ0) is 12.3. The second-order valence-corrected chi connectivity index (χ2v) is 5.11. The van der Waals surface area contributed by atoms with E-state index in [1.54, 1.807) is 18.2 Å². The first-order valence-electron chi connectivity index (χ1n) is 6.07. The van der Waals surface area contributed by atoms with Gasteiger partial charge in [-0.2, -0.15) is 0 Å². The Morgan fingerprint density at radius 3 is 3.00 bits per heavy atom. The minimum absolute atomic E-state index is 0.133. The van der Waals surface area contributed by atoms with Crippen LogP contribution in [0.2, 0.25) is 5.15 Å². The molecule has 3 nitrogen and oxygen atoms in total. The van der Waals surface area contributed by atoms with E-state index in [2.05, 4.69) is 17.2 Å². The zero-order valence-corrected chi connectivity index (χ0v) is 10.7. The van der Waals surface area contributed by atoms with Crippen LogP contribution in [0.3, 0.4) is 0 Å². The molecular weight excluding hydrogens is 236 g/mol. The van der Waals surface area contributed by atoms with Crippen molar-refractivity contribution >= 4 is 17.5 Å². The number of hydrogen-bond acceptors (Lipinski definition) is 2. The molecule has 0 aromatic carbocycles. The molecule has 0 bridgehead atoms. The molecule has 2 rings (SSSR count). The van der Waals surface area contributed by atoms with Gasteiger partial charge in [0, 0.05) is 6.54 Å². The molecule has 0 radical (unpaired) electrons. The molecule has 2 atom stereocenters. The smallest absolute Gasteiger partial charge is 0.269 e. The van der Waals surface area contributed by atoms with E-state index in [-0.39, 0.29) is 5.91 Å². The van der Waals surface area contributed by atoms with E-state index in [0.717, 1.165) is 6.54 Å². The highest BCUT2D eigenvalue weighted by molar-refractivity contribution is 6.29. The normalized spacial score (nSPS) is 23.6. The van der Waals surface area contributed by atoms with Crippen molar-refractivity contribution in [1.29, 1.82) is 0 Å². The van der Waals surface area contributed by atoms with Crippen molar-refractivity contribution in [2.45, 2.75) is 26.2 Å². The quantitative estimate of drug-likeness (QED) is 0.841. The summed E-state index contributed by atoms with van der Waals surface area (Å²) in [5.41, 5.74) is 0.392. The number of aromatic nitrogens is 1. The number of hydrogen-bond donors (Lipinski definition) is 1. The summed E-state index contributed by atoms with van der Waals surface area (Å²) in [5.74, 6) is 1.19. The van der Waals surface area contributed by atoms with Crippen LogP contribution in [-0.4, -0.2) is 17.4 Å². The van der Waals surface area contributed by atoms with Crippen molar-refractivity contribution < 1.29 is 4.79 Å². The molecular formula is C13H17ClN2O. The molecule has 1 aliphatic carbocycles. The molecule has 0 spiro atoms. The Kier molecular flexibility index (Phi) is 4.00. The molecule has 0 aliphatic heterocycles. The first kappa shape index (κ1) is 12.4. The highest BCUT2D eigenvalue weighted by atomic mass is 35.5. The van der Waals surface area contributed by atoms with Gasteiger partial charge in [0.1, 0.15) is 10.8 Å². The third-order valence-corrected chi connectivity index (χ3v) is 3.72. The predicted octanol–water partition coefficient (Wildman–Crippen LogP) is 2.90. The number of halogens is 1. The Morgan fingerprint density at radius 2 is 2.35 bits per heavy atom. The average molecular weight is 253 g/mol. The Balaban J connectivity index is 1.89. The number of nitrogens with one attached hydrogen (secondary N) is 1. The van der Waals surface area contributed by atoms with Crippen LogP contribution in [0.1, 0.15) is 36.7 Å². The number of amides is 1. The lowest BCUT2D eigenvalue weighted by molar-refractivity contribution is 0.0939. The lowest BCUT2D eigenvalue weighted by Crippen LogP contribution is -2.30. The highest BCUT2D eigenvalue weighted by Crippen LogP contribution is 2.30. The number of pyridine rings is 1. The Labute approximate surface area is 107 Å². The molecule has 1 aromatic heterocycles. The van der Waals surface area contributed by atoms with Gasteiger partial charge in [-0.05, 0) is 30.4 Å². The number of rotatable bonds is 3. The molecule has 0 saturated heterocycles. The average Bonchev–Trinajstić information content (AvgIpc) is 2.72. The van der Waals surface area contributed by atoms with E-state index in [1.807, 2.05) is 0 Å². The fourth-order valence-electron chi connectivity index (χ4n) is 2.37.